The van der Waals surface area contributed by atoms with E-state index >= 15 is 0 Å². The molecule has 1 aromatic carbocycles. The van der Waals surface area contributed by atoms with Crippen molar-refractivity contribution in [3.63, 3.8) is 0 Å². The first kappa shape index (κ1) is 20.2. The summed E-state index contributed by atoms with van der Waals surface area (Å²) in [7, 11) is 1.56. The second-order valence-electron chi connectivity index (χ2n) is 6.62. The van der Waals surface area contributed by atoms with Crippen LogP contribution >= 0.6 is 0 Å². The van der Waals surface area contributed by atoms with Gasteiger partial charge in [0.1, 0.15) is 11.5 Å². The lowest BCUT2D eigenvalue weighted by Gasteiger charge is -2.33. The minimum Gasteiger partial charge on any atom is -0.493 e. The Kier molecular flexibility index (Phi) is 6.95. The van der Waals surface area contributed by atoms with Crippen LogP contribution in [-0.4, -0.2) is 57.4 Å². The van der Waals surface area contributed by atoms with Crippen molar-refractivity contribution in [2.45, 2.75) is 19.9 Å². The largest absolute Gasteiger partial charge is 0.493 e. The number of methoxy groups -OCH3 is 1. The average molecular weight is 388 g/mol. The maximum atomic E-state index is 12.7. The molecule has 1 amide bonds. The zero-order chi connectivity index (χ0) is 19.9. The van der Waals surface area contributed by atoms with Gasteiger partial charge in [0.2, 0.25) is 0 Å². The van der Waals surface area contributed by atoms with Crippen molar-refractivity contribution < 1.29 is 23.4 Å². The summed E-state index contributed by atoms with van der Waals surface area (Å²) in [5, 5.41) is 3.03. The van der Waals surface area contributed by atoms with E-state index in [0.29, 0.717) is 43.4 Å². The zero-order valence-corrected chi connectivity index (χ0v) is 16.7. The number of rotatable bonds is 8. The molecule has 7 heteroatoms. The Morgan fingerprint density at radius 3 is 2.64 bits per heavy atom. The molecule has 0 aliphatic carbocycles. The molecule has 1 aromatic heterocycles. The fourth-order valence-corrected chi connectivity index (χ4v) is 3.31. The summed E-state index contributed by atoms with van der Waals surface area (Å²) in [6.07, 6.45) is 0. The van der Waals surface area contributed by atoms with Crippen LogP contribution in [0.4, 0.5) is 0 Å². The lowest BCUT2D eigenvalue weighted by atomic mass is 10.1. The minimum absolute atomic E-state index is 0.0360. The maximum Gasteiger partial charge on any atom is 0.251 e. The van der Waals surface area contributed by atoms with E-state index < -0.39 is 0 Å². The van der Waals surface area contributed by atoms with E-state index in [9.17, 15) is 4.79 Å². The van der Waals surface area contributed by atoms with Gasteiger partial charge in [-0.2, -0.15) is 0 Å². The standard InChI is InChI=1S/C21H28N2O5/c1-4-27-19-8-6-16(13-20(19)25-3)21(24)22-14-17(18-7-5-15(2)28-18)23-9-11-26-12-10-23/h5-8,13,17H,4,9-12,14H2,1-3H3,(H,22,24). The highest BCUT2D eigenvalue weighted by Crippen LogP contribution is 2.28. The number of furan rings is 1. The Bertz CT molecular complexity index is 783. The number of ether oxygens (including phenoxy) is 3. The third-order valence-electron chi connectivity index (χ3n) is 4.76. The topological polar surface area (TPSA) is 73.2 Å². The van der Waals surface area contributed by atoms with Gasteiger partial charge in [-0.15, -0.1) is 0 Å². The predicted octanol–water partition coefficient (Wildman–Crippen LogP) is 2.80. The normalized spacial score (nSPS) is 15.8. The molecule has 1 fully saturated rings. The molecule has 7 nitrogen and oxygen atoms in total. The Labute approximate surface area is 165 Å². The molecule has 2 heterocycles. The molecule has 2 aromatic rings. The van der Waals surface area contributed by atoms with E-state index in [1.807, 2.05) is 26.0 Å². The number of nitrogens with one attached hydrogen (secondary N) is 1. The quantitative estimate of drug-likeness (QED) is 0.750. The van der Waals surface area contributed by atoms with Crippen LogP contribution in [0.25, 0.3) is 0 Å². The SMILES string of the molecule is CCOc1ccc(C(=O)NCC(c2ccc(C)o2)N2CCOCC2)cc1OC. The molecule has 0 saturated carbocycles. The fourth-order valence-electron chi connectivity index (χ4n) is 3.31. The number of carbonyl (C=O) groups is 1. The van der Waals surface area contributed by atoms with Crippen molar-refractivity contribution in [1.82, 2.24) is 10.2 Å². The van der Waals surface area contributed by atoms with Crippen molar-refractivity contribution in [3.05, 3.63) is 47.4 Å². The summed E-state index contributed by atoms with van der Waals surface area (Å²) in [5.41, 5.74) is 0.525. The van der Waals surface area contributed by atoms with E-state index in [1.54, 1.807) is 25.3 Å². The molecule has 1 aliphatic rings. The smallest absolute Gasteiger partial charge is 0.251 e. The molecular formula is C21H28N2O5. The second kappa shape index (κ2) is 9.61. The van der Waals surface area contributed by atoms with Crippen LogP contribution in [-0.2, 0) is 4.74 Å². The Hall–Kier alpha value is -2.51. The van der Waals surface area contributed by atoms with E-state index in [-0.39, 0.29) is 11.9 Å². The van der Waals surface area contributed by atoms with Crippen LogP contribution in [0, 0.1) is 6.92 Å². The minimum atomic E-state index is -0.164. The molecule has 1 saturated heterocycles. The van der Waals surface area contributed by atoms with Crippen molar-refractivity contribution in [3.8, 4) is 11.5 Å². The van der Waals surface area contributed by atoms with Crippen molar-refractivity contribution in [2.75, 3.05) is 46.6 Å². The van der Waals surface area contributed by atoms with Gasteiger partial charge >= 0.3 is 0 Å². The molecule has 1 N–H and O–H groups in total. The lowest BCUT2D eigenvalue weighted by Crippen LogP contribution is -2.43. The first-order valence-electron chi connectivity index (χ1n) is 9.59. The van der Waals surface area contributed by atoms with Gasteiger partial charge < -0.3 is 23.9 Å². The van der Waals surface area contributed by atoms with Crippen LogP contribution in [0.15, 0.2) is 34.7 Å². The van der Waals surface area contributed by atoms with Gasteiger partial charge in [-0.3, -0.25) is 9.69 Å². The lowest BCUT2D eigenvalue weighted by molar-refractivity contribution is 0.0117. The van der Waals surface area contributed by atoms with Gasteiger partial charge in [-0.05, 0) is 44.2 Å². The Balaban J connectivity index is 1.71. The van der Waals surface area contributed by atoms with Gasteiger partial charge in [0, 0.05) is 25.2 Å². The third kappa shape index (κ3) is 4.85. The number of carbonyl (C=O) groups excluding carboxylic acids is 1. The van der Waals surface area contributed by atoms with Crippen LogP contribution in [0.5, 0.6) is 11.5 Å². The Morgan fingerprint density at radius 2 is 2.00 bits per heavy atom. The molecule has 0 bridgehead atoms. The summed E-state index contributed by atoms with van der Waals surface area (Å²) in [5.74, 6) is 2.71. The van der Waals surface area contributed by atoms with Gasteiger partial charge in [-0.25, -0.2) is 0 Å². The molecule has 0 spiro atoms. The van der Waals surface area contributed by atoms with Crippen LogP contribution < -0.4 is 14.8 Å². The first-order valence-corrected chi connectivity index (χ1v) is 9.59. The monoisotopic (exact) mass is 388 g/mol. The van der Waals surface area contributed by atoms with Gasteiger partial charge in [0.25, 0.3) is 5.91 Å². The number of amides is 1. The molecule has 28 heavy (non-hydrogen) atoms. The molecule has 1 unspecified atom stereocenters. The van der Waals surface area contributed by atoms with Crippen molar-refractivity contribution in [2.24, 2.45) is 0 Å². The van der Waals surface area contributed by atoms with Crippen LogP contribution in [0.1, 0.15) is 34.8 Å². The molecule has 152 valence electrons. The van der Waals surface area contributed by atoms with Crippen molar-refractivity contribution in [1.29, 1.82) is 0 Å². The third-order valence-corrected chi connectivity index (χ3v) is 4.76. The number of nitrogens with zero attached hydrogens (tertiary/aromatic N) is 1. The highest BCUT2D eigenvalue weighted by molar-refractivity contribution is 5.94. The zero-order valence-electron chi connectivity index (χ0n) is 16.7. The van der Waals surface area contributed by atoms with Crippen LogP contribution in [0.2, 0.25) is 0 Å². The molecule has 1 aliphatic heterocycles. The first-order chi connectivity index (χ1) is 13.6. The number of hydrogen-bond acceptors (Lipinski definition) is 6. The molecule has 0 radical (unpaired) electrons. The summed E-state index contributed by atoms with van der Waals surface area (Å²) >= 11 is 0. The molecule has 3 rings (SSSR count). The van der Waals surface area contributed by atoms with Gasteiger partial charge in [-0.1, -0.05) is 0 Å². The molecule has 1 atom stereocenters. The van der Waals surface area contributed by atoms with Crippen LogP contribution in [0.3, 0.4) is 0 Å². The van der Waals surface area contributed by atoms with Crippen molar-refractivity contribution >= 4 is 5.91 Å². The average Bonchev–Trinajstić information content (AvgIpc) is 3.15. The fraction of sp³-hybridized carbons (Fsp3) is 0.476. The summed E-state index contributed by atoms with van der Waals surface area (Å²) < 4.78 is 22.2. The summed E-state index contributed by atoms with van der Waals surface area (Å²) in [6.45, 7) is 7.77. The number of aryl methyl sites for hydroxylation is 1. The Morgan fingerprint density at radius 1 is 1.21 bits per heavy atom. The van der Waals surface area contributed by atoms with Gasteiger partial charge in [0.05, 0.1) is 33.0 Å². The number of morpholine rings is 1. The highest BCUT2D eigenvalue weighted by atomic mass is 16.5. The maximum absolute atomic E-state index is 12.7. The van der Waals surface area contributed by atoms with E-state index in [4.69, 9.17) is 18.6 Å². The van der Waals surface area contributed by atoms with E-state index in [0.717, 1.165) is 24.6 Å². The molecular weight excluding hydrogens is 360 g/mol. The summed E-state index contributed by atoms with van der Waals surface area (Å²) in [4.78, 5) is 15.0. The van der Waals surface area contributed by atoms with Gasteiger partial charge in [0.15, 0.2) is 11.5 Å². The van der Waals surface area contributed by atoms with E-state index in [1.165, 1.54) is 0 Å². The van der Waals surface area contributed by atoms with E-state index in [2.05, 4.69) is 10.2 Å². The number of hydrogen-bond donors (Lipinski definition) is 1. The predicted molar refractivity (Wildman–Crippen MR) is 105 cm³/mol. The number of benzene rings is 1. The highest BCUT2D eigenvalue weighted by Gasteiger charge is 2.26. The summed E-state index contributed by atoms with van der Waals surface area (Å²) in [6, 6.07) is 9.08. The second-order valence-corrected chi connectivity index (χ2v) is 6.62.